The van der Waals surface area contributed by atoms with Gasteiger partial charge in [-0.05, 0) is 38.5 Å². The summed E-state index contributed by atoms with van der Waals surface area (Å²) in [5.41, 5.74) is 0.772. The van der Waals surface area contributed by atoms with Crippen molar-refractivity contribution in [3.05, 3.63) is 35.4 Å². The second-order valence-corrected chi connectivity index (χ2v) is 5.40. The predicted molar refractivity (Wildman–Crippen MR) is 81.7 cm³/mol. The Kier molecular flexibility index (Phi) is 5.96. The highest BCUT2D eigenvalue weighted by molar-refractivity contribution is 5.82. The van der Waals surface area contributed by atoms with Gasteiger partial charge in [-0.25, -0.2) is 4.79 Å². The molecule has 0 saturated heterocycles. The molecule has 1 N–H and O–H groups in total. The van der Waals surface area contributed by atoms with Crippen molar-refractivity contribution in [3.8, 4) is 5.75 Å². The molecule has 1 aromatic carbocycles. The van der Waals surface area contributed by atoms with Crippen molar-refractivity contribution < 1.29 is 19.1 Å². The Bertz CT molecular complexity index is 530. The van der Waals surface area contributed by atoms with Crippen LogP contribution in [-0.4, -0.2) is 31.6 Å². The van der Waals surface area contributed by atoms with Crippen LogP contribution in [0, 0.1) is 0 Å². The summed E-state index contributed by atoms with van der Waals surface area (Å²) in [5, 5.41) is 2.61. The summed E-state index contributed by atoms with van der Waals surface area (Å²) >= 11 is 0. The van der Waals surface area contributed by atoms with Gasteiger partial charge in [0.25, 0.3) is 0 Å². The van der Waals surface area contributed by atoms with E-state index in [0.29, 0.717) is 17.9 Å². The molecule has 0 aliphatic rings. The smallest absolute Gasteiger partial charge is 0.407 e. The molecule has 0 bridgehead atoms. The maximum atomic E-state index is 11.4. The van der Waals surface area contributed by atoms with Gasteiger partial charge < -0.3 is 14.8 Å². The van der Waals surface area contributed by atoms with Crippen molar-refractivity contribution in [1.29, 1.82) is 0 Å². The Labute approximate surface area is 124 Å². The first-order valence-electron chi connectivity index (χ1n) is 6.62. The highest BCUT2D eigenvalue weighted by Gasteiger charge is 2.14. The number of rotatable bonds is 5. The lowest BCUT2D eigenvalue weighted by atomic mass is 10.1. The van der Waals surface area contributed by atoms with Crippen LogP contribution in [0.15, 0.2) is 24.3 Å². The number of amides is 1. The zero-order valence-electron chi connectivity index (χ0n) is 12.8. The van der Waals surface area contributed by atoms with Crippen LogP contribution in [0.5, 0.6) is 5.75 Å². The molecule has 0 radical (unpaired) electrons. The quantitative estimate of drug-likeness (QED) is 0.847. The maximum absolute atomic E-state index is 11.4. The SMILES string of the molecule is COc1ccc(C=CCNC(=O)OC(C)(C)C)c(C=O)c1. The Balaban J connectivity index is 2.58. The lowest BCUT2D eigenvalue weighted by Crippen LogP contribution is -2.32. The maximum Gasteiger partial charge on any atom is 0.407 e. The zero-order valence-corrected chi connectivity index (χ0v) is 12.8. The Morgan fingerprint density at radius 3 is 2.57 bits per heavy atom. The summed E-state index contributed by atoms with van der Waals surface area (Å²) in [6.07, 6.45) is 3.81. The molecule has 0 saturated carbocycles. The van der Waals surface area contributed by atoms with E-state index in [1.807, 2.05) is 0 Å². The summed E-state index contributed by atoms with van der Waals surface area (Å²) in [4.78, 5) is 22.5. The largest absolute Gasteiger partial charge is 0.497 e. The highest BCUT2D eigenvalue weighted by Crippen LogP contribution is 2.17. The third-order valence-electron chi connectivity index (χ3n) is 2.48. The number of ether oxygens (including phenoxy) is 2. The minimum Gasteiger partial charge on any atom is -0.497 e. The van der Waals surface area contributed by atoms with Crippen LogP contribution >= 0.6 is 0 Å². The number of hydrogen-bond acceptors (Lipinski definition) is 4. The molecule has 0 heterocycles. The van der Waals surface area contributed by atoms with Gasteiger partial charge in [0.1, 0.15) is 11.4 Å². The highest BCUT2D eigenvalue weighted by atomic mass is 16.6. The van der Waals surface area contributed by atoms with Crippen LogP contribution in [0.1, 0.15) is 36.7 Å². The summed E-state index contributed by atoms with van der Waals surface area (Å²) < 4.78 is 10.2. The average molecular weight is 291 g/mol. The van der Waals surface area contributed by atoms with Crippen LogP contribution in [0.3, 0.4) is 0 Å². The van der Waals surface area contributed by atoms with E-state index in [9.17, 15) is 9.59 Å². The molecule has 21 heavy (non-hydrogen) atoms. The van der Waals surface area contributed by atoms with Crippen LogP contribution in [0.2, 0.25) is 0 Å². The lowest BCUT2D eigenvalue weighted by molar-refractivity contribution is 0.0534. The minimum atomic E-state index is -0.519. The molecule has 0 unspecified atom stereocenters. The van der Waals surface area contributed by atoms with E-state index in [1.165, 1.54) is 0 Å². The van der Waals surface area contributed by atoms with Gasteiger partial charge in [-0.15, -0.1) is 0 Å². The normalized spacial score (nSPS) is 11.2. The second-order valence-electron chi connectivity index (χ2n) is 5.40. The number of aldehydes is 1. The summed E-state index contributed by atoms with van der Waals surface area (Å²) in [7, 11) is 1.55. The molecule has 5 heteroatoms. The molecule has 0 fully saturated rings. The molecule has 0 aromatic heterocycles. The fraction of sp³-hybridized carbons (Fsp3) is 0.375. The molecule has 114 valence electrons. The first kappa shape index (κ1) is 16.8. The fourth-order valence-corrected chi connectivity index (χ4v) is 1.58. The first-order valence-corrected chi connectivity index (χ1v) is 6.62. The van der Waals surface area contributed by atoms with Crippen LogP contribution in [0.4, 0.5) is 4.79 Å². The molecule has 0 atom stereocenters. The first-order chi connectivity index (χ1) is 9.85. The zero-order chi connectivity index (χ0) is 15.9. The van der Waals surface area contributed by atoms with Crippen molar-refractivity contribution in [2.45, 2.75) is 26.4 Å². The number of carbonyl (C=O) groups is 2. The van der Waals surface area contributed by atoms with E-state index < -0.39 is 11.7 Å². The molecule has 1 aromatic rings. The van der Waals surface area contributed by atoms with E-state index in [4.69, 9.17) is 9.47 Å². The van der Waals surface area contributed by atoms with Crippen molar-refractivity contribution in [2.24, 2.45) is 0 Å². The van der Waals surface area contributed by atoms with Gasteiger partial charge in [0.15, 0.2) is 6.29 Å². The lowest BCUT2D eigenvalue weighted by Gasteiger charge is -2.19. The van der Waals surface area contributed by atoms with Gasteiger partial charge in [0.2, 0.25) is 0 Å². The molecular weight excluding hydrogens is 270 g/mol. The van der Waals surface area contributed by atoms with E-state index in [0.717, 1.165) is 11.8 Å². The standard InChI is InChI=1S/C16H21NO4/c1-16(2,3)21-15(19)17-9-5-6-12-7-8-14(20-4)10-13(12)11-18/h5-8,10-11H,9H2,1-4H3,(H,17,19). The molecule has 1 rings (SSSR count). The Hall–Kier alpha value is -2.30. The van der Waals surface area contributed by atoms with Gasteiger partial charge in [-0.1, -0.05) is 18.2 Å². The predicted octanol–water partition coefficient (Wildman–Crippen LogP) is 3.05. The van der Waals surface area contributed by atoms with Crippen LogP contribution in [0.25, 0.3) is 6.08 Å². The van der Waals surface area contributed by atoms with Gasteiger partial charge in [-0.3, -0.25) is 4.79 Å². The van der Waals surface area contributed by atoms with Crippen LogP contribution < -0.4 is 10.1 Å². The Morgan fingerprint density at radius 1 is 1.29 bits per heavy atom. The van der Waals surface area contributed by atoms with E-state index in [-0.39, 0.29) is 0 Å². The van der Waals surface area contributed by atoms with Crippen molar-refractivity contribution >= 4 is 18.5 Å². The Morgan fingerprint density at radius 2 is 2.00 bits per heavy atom. The van der Waals surface area contributed by atoms with E-state index >= 15 is 0 Å². The van der Waals surface area contributed by atoms with Crippen molar-refractivity contribution in [3.63, 3.8) is 0 Å². The topological polar surface area (TPSA) is 64.6 Å². The number of nitrogens with one attached hydrogen (secondary N) is 1. The number of alkyl carbamates (subject to hydrolysis) is 1. The molecule has 0 aliphatic heterocycles. The van der Waals surface area contributed by atoms with Crippen molar-refractivity contribution in [2.75, 3.05) is 13.7 Å². The third kappa shape index (κ3) is 6.12. The molecule has 1 amide bonds. The van der Waals surface area contributed by atoms with E-state index in [1.54, 1.807) is 58.2 Å². The van der Waals surface area contributed by atoms with Gasteiger partial charge in [-0.2, -0.15) is 0 Å². The van der Waals surface area contributed by atoms with Gasteiger partial charge in [0, 0.05) is 12.1 Å². The summed E-state index contributed by atoms with van der Waals surface area (Å²) in [5.74, 6) is 0.626. The summed E-state index contributed by atoms with van der Waals surface area (Å²) in [6.45, 7) is 5.72. The number of carbonyl (C=O) groups excluding carboxylic acids is 2. The summed E-state index contributed by atoms with van der Waals surface area (Å²) in [6, 6.07) is 5.22. The second kappa shape index (κ2) is 7.47. The van der Waals surface area contributed by atoms with Crippen LogP contribution in [-0.2, 0) is 4.74 Å². The third-order valence-corrected chi connectivity index (χ3v) is 2.48. The number of hydrogen-bond donors (Lipinski definition) is 1. The molecular formula is C16H21NO4. The van der Waals surface area contributed by atoms with Crippen molar-refractivity contribution in [1.82, 2.24) is 5.32 Å². The van der Waals surface area contributed by atoms with E-state index in [2.05, 4.69) is 5.32 Å². The van der Waals surface area contributed by atoms with Gasteiger partial charge >= 0.3 is 6.09 Å². The number of methoxy groups -OCH3 is 1. The monoisotopic (exact) mass is 291 g/mol. The molecule has 5 nitrogen and oxygen atoms in total. The number of benzene rings is 1. The van der Waals surface area contributed by atoms with Gasteiger partial charge in [0.05, 0.1) is 7.11 Å². The average Bonchev–Trinajstić information content (AvgIpc) is 2.41. The molecule has 0 spiro atoms. The fourth-order valence-electron chi connectivity index (χ4n) is 1.58. The minimum absolute atomic E-state index is 0.319. The molecule has 0 aliphatic carbocycles.